The summed E-state index contributed by atoms with van der Waals surface area (Å²) in [5, 5.41) is 3.62. The normalized spacial score (nSPS) is 10.5. The molecule has 0 aliphatic heterocycles. The number of ether oxygens (including phenoxy) is 2. The predicted octanol–water partition coefficient (Wildman–Crippen LogP) is 4.17. The lowest BCUT2D eigenvalue weighted by atomic mass is 10.1. The Balaban J connectivity index is 2.13. The van der Waals surface area contributed by atoms with E-state index < -0.39 is 0 Å². The number of carbonyl (C=O) groups is 1. The number of ketones is 1. The van der Waals surface area contributed by atoms with Crippen LogP contribution in [0.25, 0.3) is 0 Å². The molecule has 0 saturated heterocycles. The molecule has 5 heteroatoms. The quantitative estimate of drug-likeness (QED) is 0.642. The Hall–Kier alpha value is -2.46. The second kappa shape index (κ2) is 7.52. The van der Waals surface area contributed by atoms with Gasteiger partial charge in [-0.15, -0.1) is 0 Å². The molecule has 0 atom stereocenters. The summed E-state index contributed by atoms with van der Waals surface area (Å²) in [4.78, 5) is 12.3. The summed E-state index contributed by atoms with van der Waals surface area (Å²) >= 11 is 5.89. The highest BCUT2D eigenvalue weighted by molar-refractivity contribution is 6.30. The van der Waals surface area contributed by atoms with E-state index in [1.165, 1.54) is 13.2 Å². The molecule has 2 aromatic carbocycles. The van der Waals surface area contributed by atoms with E-state index in [4.69, 9.17) is 21.1 Å². The molecule has 0 amide bonds. The SMILES string of the molecule is COc1ccc(OC)c(C(=O)C=CNc2cccc(Cl)c2)c1. The van der Waals surface area contributed by atoms with Crippen LogP contribution in [0.4, 0.5) is 5.69 Å². The first-order valence-electron chi connectivity index (χ1n) is 6.59. The largest absolute Gasteiger partial charge is 0.497 e. The highest BCUT2D eigenvalue weighted by atomic mass is 35.5. The molecule has 0 aliphatic carbocycles. The molecule has 0 fully saturated rings. The van der Waals surface area contributed by atoms with Crippen molar-refractivity contribution in [3.05, 3.63) is 65.3 Å². The van der Waals surface area contributed by atoms with E-state index in [1.54, 1.807) is 43.6 Å². The fourth-order valence-corrected chi connectivity index (χ4v) is 2.08. The summed E-state index contributed by atoms with van der Waals surface area (Å²) in [5.74, 6) is 0.906. The van der Waals surface area contributed by atoms with Crippen LogP contribution in [-0.4, -0.2) is 20.0 Å². The topological polar surface area (TPSA) is 47.6 Å². The van der Waals surface area contributed by atoms with Crippen molar-refractivity contribution in [2.45, 2.75) is 0 Å². The van der Waals surface area contributed by atoms with E-state index >= 15 is 0 Å². The van der Waals surface area contributed by atoms with Gasteiger partial charge in [0.25, 0.3) is 0 Å². The van der Waals surface area contributed by atoms with Crippen LogP contribution in [0.1, 0.15) is 10.4 Å². The predicted molar refractivity (Wildman–Crippen MR) is 88.1 cm³/mol. The van der Waals surface area contributed by atoms with Gasteiger partial charge in [-0.2, -0.15) is 0 Å². The first kappa shape index (κ1) is 15.9. The Morgan fingerprint density at radius 3 is 2.64 bits per heavy atom. The van der Waals surface area contributed by atoms with Crippen LogP contribution in [-0.2, 0) is 0 Å². The van der Waals surface area contributed by atoms with Gasteiger partial charge in [0.1, 0.15) is 11.5 Å². The zero-order valence-electron chi connectivity index (χ0n) is 12.3. The van der Waals surface area contributed by atoms with Gasteiger partial charge >= 0.3 is 0 Å². The molecule has 2 rings (SSSR count). The number of halogens is 1. The van der Waals surface area contributed by atoms with Crippen LogP contribution in [0.5, 0.6) is 11.5 Å². The van der Waals surface area contributed by atoms with E-state index in [-0.39, 0.29) is 5.78 Å². The Bertz CT molecular complexity index is 698. The summed E-state index contributed by atoms with van der Waals surface area (Å²) in [5.41, 5.74) is 1.24. The second-order valence-corrected chi connectivity index (χ2v) is 4.85. The number of allylic oxidation sites excluding steroid dienone is 1. The molecule has 4 nitrogen and oxygen atoms in total. The van der Waals surface area contributed by atoms with Crippen molar-refractivity contribution >= 4 is 23.1 Å². The maximum atomic E-state index is 12.3. The van der Waals surface area contributed by atoms with Gasteiger partial charge in [0, 0.05) is 23.0 Å². The Labute approximate surface area is 134 Å². The first-order valence-corrected chi connectivity index (χ1v) is 6.97. The maximum absolute atomic E-state index is 12.3. The van der Waals surface area contributed by atoms with E-state index in [9.17, 15) is 4.79 Å². The number of anilines is 1. The van der Waals surface area contributed by atoms with Crippen LogP contribution in [0.15, 0.2) is 54.7 Å². The molecular formula is C17H16ClNO3. The lowest BCUT2D eigenvalue weighted by Crippen LogP contribution is -2.01. The molecule has 0 spiro atoms. The lowest BCUT2D eigenvalue weighted by molar-refractivity contribution is 0.104. The molecular weight excluding hydrogens is 302 g/mol. The van der Waals surface area contributed by atoms with Crippen molar-refractivity contribution in [1.82, 2.24) is 0 Å². The van der Waals surface area contributed by atoms with E-state index in [1.807, 2.05) is 12.1 Å². The van der Waals surface area contributed by atoms with Crippen molar-refractivity contribution in [3.63, 3.8) is 0 Å². The number of methoxy groups -OCH3 is 2. The van der Waals surface area contributed by atoms with Crippen molar-refractivity contribution < 1.29 is 14.3 Å². The molecule has 0 aliphatic rings. The van der Waals surface area contributed by atoms with E-state index in [0.29, 0.717) is 22.1 Å². The summed E-state index contributed by atoms with van der Waals surface area (Å²) in [6.45, 7) is 0. The highest BCUT2D eigenvalue weighted by Crippen LogP contribution is 2.24. The molecule has 0 saturated carbocycles. The van der Waals surface area contributed by atoms with Crippen LogP contribution in [0, 0.1) is 0 Å². The third kappa shape index (κ3) is 4.02. The van der Waals surface area contributed by atoms with Crippen LogP contribution < -0.4 is 14.8 Å². The number of rotatable bonds is 6. The molecule has 114 valence electrons. The molecule has 0 unspecified atom stereocenters. The number of benzene rings is 2. The third-order valence-corrected chi connectivity index (χ3v) is 3.22. The molecule has 0 heterocycles. The first-order chi connectivity index (χ1) is 10.6. The molecule has 1 N–H and O–H groups in total. The molecule has 0 aromatic heterocycles. The van der Waals surface area contributed by atoms with Crippen LogP contribution in [0.3, 0.4) is 0 Å². The minimum Gasteiger partial charge on any atom is -0.497 e. The van der Waals surface area contributed by atoms with Gasteiger partial charge < -0.3 is 14.8 Å². The average Bonchev–Trinajstić information content (AvgIpc) is 2.54. The Morgan fingerprint density at radius 2 is 1.95 bits per heavy atom. The minimum atomic E-state index is -0.190. The van der Waals surface area contributed by atoms with Gasteiger partial charge in [0.05, 0.1) is 19.8 Å². The minimum absolute atomic E-state index is 0.190. The fourth-order valence-electron chi connectivity index (χ4n) is 1.89. The van der Waals surface area contributed by atoms with Gasteiger partial charge in [-0.05, 0) is 36.4 Å². The summed E-state index contributed by atoms with van der Waals surface area (Å²) < 4.78 is 10.3. The Morgan fingerprint density at radius 1 is 1.14 bits per heavy atom. The van der Waals surface area contributed by atoms with Crippen molar-refractivity contribution in [2.24, 2.45) is 0 Å². The van der Waals surface area contributed by atoms with Gasteiger partial charge in [-0.25, -0.2) is 0 Å². The number of hydrogen-bond acceptors (Lipinski definition) is 4. The molecule has 22 heavy (non-hydrogen) atoms. The molecule has 2 aromatic rings. The van der Waals surface area contributed by atoms with Gasteiger partial charge in [-0.1, -0.05) is 17.7 Å². The van der Waals surface area contributed by atoms with Crippen molar-refractivity contribution in [3.8, 4) is 11.5 Å². The molecule has 0 bridgehead atoms. The van der Waals surface area contributed by atoms with Crippen molar-refractivity contribution in [2.75, 3.05) is 19.5 Å². The third-order valence-electron chi connectivity index (χ3n) is 2.98. The fraction of sp³-hybridized carbons (Fsp3) is 0.118. The zero-order valence-corrected chi connectivity index (χ0v) is 13.1. The van der Waals surface area contributed by atoms with Crippen LogP contribution in [0.2, 0.25) is 5.02 Å². The van der Waals surface area contributed by atoms with Crippen LogP contribution >= 0.6 is 11.6 Å². The maximum Gasteiger partial charge on any atom is 0.191 e. The second-order valence-electron chi connectivity index (χ2n) is 4.42. The zero-order chi connectivity index (χ0) is 15.9. The van der Waals surface area contributed by atoms with Gasteiger partial charge in [0.2, 0.25) is 0 Å². The highest BCUT2D eigenvalue weighted by Gasteiger charge is 2.11. The Kier molecular flexibility index (Phi) is 5.44. The van der Waals surface area contributed by atoms with Gasteiger partial charge in [0.15, 0.2) is 5.78 Å². The average molecular weight is 318 g/mol. The number of carbonyl (C=O) groups excluding carboxylic acids is 1. The van der Waals surface area contributed by atoms with Crippen molar-refractivity contribution in [1.29, 1.82) is 0 Å². The standard InChI is InChI=1S/C17H16ClNO3/c1-21-14-6-7-17(22-2)15(11-14)16(20)8-9-19-13-5-3-4-12(18)10-13/h3-11,19H,1-2H3. The number of hydrogen-bond donors (Lipinski definition) is 1. The smallest absolute Gasteiger partial charge is 0.191 e. The summed E-state index contributed by atoms with van der Waals surface area (Å²) in [7, 11) is 3.07. The lowest BCUT2D eigenvalue weighted by Gasteiger charge is -2.08. The monoisotopic (exact) mass is 317 g/mol. The van der Waals surface area contributed by atoms with Gasteiger partial charge in [-0.3, -0.25) is 4.79 Å². The van der Waals surface area contributed by atoms with E-state index in [0.717, 1.165) is 5.69 Å². The number of nitrogens with one attached hydrogen (secondary N) is 1. The molecule has 0 radical (unpaired) electrons. The van der Waals surface area contributed by atoms with E-state index in [2.05, 4.69) is 5.32 Å². The summed E-state index contributed by atoms with van der Waals surface area (Å²) in [6.07, 6.45) is 2.99. The summed E-state index contributed by atoms with van der Waals surface area (Å²) in [6, 6.07) is 12.3.